The highest BCUT2D eigenvalue weighted by Gasteiger charge is 2.02. The Morgan fingerprint density at radius 2 is 1.60 bits per heavy atom. The number of nitro groups is 1. The molecule has 30 heavy (non-hydrogen) atoms. The molecule has 0 saturated heterocycles. The van der Waals surface area contributed by atoms with Crippen LogP contribution in [-0.2, 0) is 16.0 Å². The highest BCUT2D eigenvalue weighted by atomic mass is 16.6. The Bertz CT molecular complexity index is 1040. The molecule has 150 valence electrons. The minimum Gasteiger partial charge on any atom is -0.462 e. The molecule has 0 unspecified atom stereocenters. The second-order valence-electron chi connectivity index (χ2n) is 6.43. The Balaban J connectivity index is 1.48. The van der Waals surface area contributed by atoms with Crippen LogP contribution in [-0.4, -0.2) is 23.7 Å². The number of esters is 1. The number of nitro benzene ring substituents is 1. The molecule has 3 aromatic carbocycles. The fraction of sp³-hybridized carbons (Fsp3) is 0.0833. The van der Waals surface area contributed by atoms with Gasteiger partial charge in [-0.2, -0.15) is 0 Å². The summed E-state index contributed by atoms with van der Waals surface area (Å²) in [5, 5.41) is 10.7. The van der Waals surface area contributed by atoms with Gasteiger partial charge in [-0.25, -0.2) is 4.79 Å². The predicted octanol–water partition coefficient (Wildman–Crippen LogP) is 5.14. The number of hydrogen-bond acceptors (Lipinski definition) is 5. The van der Waals surface area contributed by atoms with E-state index in [0.717, 1.165) is 22.4 Å². The molecule has 0 aliphatic carbocycles. The Kier molecular flexibility index (Phi) is 7.22. The van der Waals surface area contributed by atoms with E-state index < -0.39 is 4.92 Å². The van der Waals surface area contributed by atoms with E-state index in [4.69, 9.17) is 4.74 Å². The molecule has 0 saturated carbocycles. The lowest BCUT2D eigenvalue weighted by atomic mass is 10.2. The van der Waals surface area contributed by atoms with Crippen LogP contribution in [0.4, 0.5) is 11.4 Å². The number of hydrogen-bond donors (Lipinski definition) is 0. The second-order valence-corrected chi connectivity index (χ2v) is 6.43. The van der Waals surface area contributed by atoms with Crippen LogP contribution < -0.4 is 0 Å². The zero-order valence-corrected chi connectivity index (χ0v) is 16.2. The Hall–Kier alpha value is -4.06. The van der Waals surface area contributed by atoms with Crippen molar-refractivity contribution < 1.29 is 14.5 Å². The minimum atomic E-state index is -0.438. The number of nitrogens with zero attached hydrogens (tertiary/aromatic N) is 2. The summed E-state index contributed by atoms with van der Waals surface area (Å²) in [6.45, 7) is 0.337. The summed E-state index contributed by atoms with van der Waals surface area (Å²) in [6.07, 6.45) is 5.41. The third-order valence-corrected chi connectivity index (χ3v) is 4.25. The highest BCUT2D eigenvalue weighted by molar-refractivity contribution is 5.87. The number of ether oxygens (including phenoxy) is 1. The van der Waals surface area contributed by atoms with E-state index in [2.05, 4.69) is 4.99 Å². The summed E-state index contributed by atoms with van der Waals surface area (Å²) >= 11 is 0. The summed E-state index contributed by atoms with van der Waals surface area (Å²) in [7, 11) is 0. The van der Waals surface area contributed by atoms with Crippen molar-refractivity contribution in [1.29, 1.82) is 0 Å². The number of carbonyl (C=O) groups excluding carboxylic acids is 1. The van der Waals surface area contributed by atoms with Crippen molar-refractivity contribution >= 4 is 29.6 Å². The SMILES string of the molecule is O=C(/C=C/c1ccc(N=Cc2ccc([N+](=O)[O-])cc2)cc1)OCCc1ccccc1. The fourth-order valence-corrected chi connectivity index (χ4v) is 2.63. The molecule has 3 rings (SSSR count). The molecule has 0 spiro atoms. The van der Waals surface area contributed by atoms with Gasteiger partial charge in [0.2, 0.25) is 0 Å². The quantitative estimate of drug-likeness (QED) is 0.172. The van der Waals surface area contributed by atoms with Crippen molar-refractivity contribution in [1.82, 2.24) is 0 Å². The molecular weight excluding hydrogens is 380 g/mol. The molecule has 0 fully saturated rings. The molecule has 0 aromatic heterocycles. The maximum Gasteiger partial charge on any atom is 0.330 e. The van der Waals surface area contributed by atoms with E-state index in [-0.39, 0.29) is 11.7 Å². The van der Waals surface area contributed by atoms with E-state index in [1.165, 1.54) is 18.2 Å². The van der Waals surface area contributed by atoms with Crippen molar-refractivity contribution in [2.24, 2.45) is 4.99 Å². The molecule has 0 heterocycles. The average molecular weight is 400 g/mol. The van der Waals surface area contributed by atoms with Crippen molar-refractivity contribution in [2.45, 2.75) is 6.42 Å². The predicted molar refractivity (Wildman–Crippen MR) is 117 cm³/mol. The van der Waals surface area contributed by atoms with Crippen LogP contribution in [0.2, 0.25) is 0 Å². The molecule has 0 aliphatic heterocycles. The summed E-state index contributed by atoms with van der Waals surface area (Å²) < 4.78 is 5.21. The maximum absolute atomic E-state index is 11.8. The normalized spacial score (nSPS) is 11.1. The lowest BCUT2D eigenvalue weighted by molar-refractivity contribution is -0.384. The van der Waals surface area contributed by atoms with Crippen LogP contribution in [0.15, 0.2) is 89.9 Å². The van der Waals surface area contributed by atoms with Gasteiger partial charge in [-0.3, -0.25) is 15.1 Å². The molecule has 0 bridgehead atoms. The summed E-state index contributed by atoms with van der Waals surface area (Å²) in [6, 6.07) is 23.3. The van der Waals surface area contributed by atoms with Gasteiger partial charge >= 0.3 is 5.97 Å². The van der Waals surface area contributed by atoms with Gasteiger partial charge in [-0.15, -0.1) is 0 Å². The van der Waals surface area contributed by atoms with Gasteiger partial charge in [0.05, 0.1) is 17.2 Å². The molecule has 0 amide bonds. The first kappa shape index (κ1) is 20.7. The van der Waals surface area contributed by atoms with Crippen LogP contribution >= 0.6 is 0 Å². The average Bonchev–Trinajstić information content (AvgIpc) is 2.78. The standard InChI is InChI=1S/C24H20N2O4/c27-24(30-17-16-19-4-2-1-3-5-19)15-10-20-6-11-22(12-7-20)25-18-21-8-13-23(14-9-21)26(28)29/h1-15,18H,16-17H2/b15-10+,25-18?. The second kappa shape index (κ2) is 10.5. The molecule has 6 heteroatoms. The molecule has 0 aliphatic rings. The molecule has 6 nitrogen and oxygen atoms in total. The van der Waals surface area contributed by atoms with Gasteiger partial charge < -0.3 is 4.74 Å². The van der Waals surface area contributed by atoms with E-state index in [9.17, 15) is 14.9 Å². The number of rotatable bonds is 8. The summed E-state index contributed by atoms with van der Waals surface area (Å²) in [5.74, 6) is -0.383. The Morgan fingerprint density at radius 3 is 2.27 bits per heavy atom. The van der Waals surface area contributed by atoms with Crippen LogP contribution in [0.3, 0.4) is 0 Å². The molecule has 0 radical (unpaired) electrons. The van der Waals surface area contributed by atoms with E-state index in [1.54, 1.807) is 24.4 Å². The van der Waals surface area contributed by atoms with Gasteiger partial charge in [0, 0.05) is 30.8 Å². The number of benzene rings is 3. The van der Waals surface area contributed by atoms with Crippen LogP contribution in [0.1, 0.15) is 16.7 Å². The Morgan fingerprint density at radius 1 is 0.933 bits per heavy atom. The van der Waals surface area contributed by atoms with Crippen molar-refractivity contribution in [2.75, 3.05) is 6.61 Å². The van der Waals surface area contributed by atoms with Crippen LogP contribution in [0, 0.1) is 10.1 Å². The zero-order chi connectivity index (χ0) is 21.2. The van der Waals surface area contributed by atoms with Gasteiger partial charge in [-0.05, 0) is 47.0 Å². The van der Waals surface area contributed by atoms with E-state index >= 15 is 0 Å². The van der Waals surface area contributed by atoms with Gasteiger partial charge in [0.1, 0.15) is 0 Å². The van der Waals surface area contributed by atoms with E-state index in [0.29, 0.717) is 13.0 Å². The third-order valence-electron chi connectivity index (χ3n) is 4.25. The maximum atomic E-state index is 11.8. The topological polar surface area (TPSA) is 81.8 Å². The number of aliphatic imine (C=N–C) groups is 1. The first-order chi connectivity index (χ1) is 14.6. The Labute approximate surface area is 174 Å². The smallest absolute Gasteiger partial charge is 0.330 e. The minimum absolute atomic E-state index is 0.0434. The lowest BCUT2D eigenvalue weighted by Gasteiger charge is -2.02. The number of non-ortho nitro benzene ring substituents is 1. The molecular formula is C24H20N2O4. The van der Waals surface area contributed by atoms with E-state index in [1.807, 2.05) is 54.6 Å². The first-order valence-electron chi connectivity index (χ1n) is 9.37. The first-order valence-corrected chi connectivity index (χ1v) is 9.37. The zero-order valence-electron chi connectivity index (χ0n) is 16.2. The van der Waals surface area contributed by atoms with Crippen molar-refractivity contribution in [3.63, 3.8) is 0 Å². The van der Waals surface area contributed by atoms with Gasteiger partial charge in [0.25, 0.3) is 5.69 Å². The monoisotopic (exact) mass is 400 g/mol. The number of carbonyl (C=O) groups is 1. The van der Waals surface area contributed by atoms with Gasteiger partial charge in [-0.1, -0.05) is 42.5 Å². The largest absolute Gasteiger partial charge is 0.462 e. The summed E-state index contributed by atoms with van der Waals surface area (Å²) in [5.41, 5.74) is 3.52. The van der Waals surface area contributed by atoms with Crippen molar-refractivity contribution in [3.05, 3.63) is 112 Å². The molecule has 0 N–H and O–H groups in total. The lowest BCUT2D eigenvalue weighted by Crippen LogP contribution is -2.04. The van der Waals surface area contributed by atoms with Crippen LogP contribution in [0.25, 0.3) is 6.08 Å². The third kappa shape index (κ3) is 6.53. The van der Waals surface area contributed by atoms with Crippen LogP contribution in [0.5, 0.6) is 0 Å². The fourth-order valence-electron chi connectivity index (χ4n) is 2.63. The van der Waals surface area contributed by atoms with Gasteiger partial charge in [0.15, 0.2) is 0 Å². The molecule has 3 aromatic rings. The molecule has 0 atom stereocenters. The summed E-state index contributed by atoms with van der Waals surface area (Å²) in [4.78, 5) is 26.4. The van der Waals surface area contributed by atoms with Crippen molar-refractivity contribution in [3.8, 4) is 0 Å². The highest BCUT2D eigenvalue weighted by Crippen LogP contribution is 2.15.